The molecule has 0 aliphatic carbocycles. The van der Waals surface area contributed by atoms with Gasteiger partial charge in [0.1, 0.15) is 11.9 Å². The van der Waals surface area contributed by atoms with E-state index in [1.165, 1.54) is 94.3 Å². The van der Waals surface area contributed by atoms with Gasteiger partial charge >= 0.3 is 6.09 Å². The minimum absolute atomic E-state index is 0.0369. The molecule has 1 atom stereocenters. The van der Waals surface area contributed by atoms with E-state index in [0.717, 1.165) is 11.8 Å². The number of carbonyl (C=O) groups excluding carboxylic acids is 2. The minimum Gasteiger partial charge on any atom is -0.438 e. The Balaban J connectivity index is 3.49. The highest BCUT2D eigenvalue weighted by molar-refractivity contribution is 8.27. The van der Waals surface area contributed by atoms with Crippen molar-refractivity contribution in [1.29, 1.82) is 0 Å². The van der Waals surface area contributed by atoms with Gasteiger partial charge in [-0.25, -0.2) is 9.79 Å². The molecule has 0 bridgehead atoms. The van der Waals surface area contributed by atoms with Crippen LogP contribution in [0.1, 0.15) is 0 Å². The van der Waals surface area contributed by atoms with Gasteiger partial charge in [0, 0.05) is 15.3 Å². The Kier molecular flexibility index (Phi) is 31.8. The summed E-state index contributed by atoms with van der Waals surface area (Å²) < 4.78 is 16.8. The van der Waals surface area contributed by atoms with Gasteiger partial charge in [0.05, 0.1) is 56.8 Å². The fraction of sp³-hybridized carbons (Fsp3) is 0.750. The lowest BCUT2D eigenvalue weighted by Crippen LogP contribution is -2.23. The SMILES string of the molecule is O=C(NCSC/N=C\S(=O)CSCSC(=O)NCSCN=COOCSCSCO)OCSCSCO. The number of amides is 2. The number of carbonyl (C=O) groups is 2. The van der Waals surface area contributed by atoms with Gasteiger partial charge in [0.15, 0.2) is 0 Å². The van der Waals surface area contributed by atoms with Crippen molar-refractivity contribution >= 4 is 128 Å². The van der Waals surface area contributed by atoms with Crippen molar-refractivity contribution in [3.63, 3.8) is 0 Å². The molecule has 0 aliphatic rings. The van der Waals surface area contributed by atoms with E-state index in [9.17, 15) is 13.8 Å². The predicted molar refractivity (Wildman–Crippen MR) is 169 cm³/mol. The van der Waals surface area contributed by atoms with Crippen LogP contribution in [0.5, 0.6) is 0 Å². The van der Waals surface area contributed by atoms with Gasteiger partial charge in [0.2, 0.25) is 6.40 Å². The predicted octanol–water partition coefficient (Wildman–Crippen LogP) is 3.52. The van der Waals surface area contributed by atoms with E-state index < -0.39 is 16.9 Å². The molecule has 0 spiro atoms. The van der Waals surface area contributed by atoms with Crippen LogP contribution in [0.15, 0.2) is 9.98 Å². The van der Waals surface area contributed by atoms with Crippen molar-refractivity contribution in [2.24, 2.45) is 9.98 Å². The highest BCUT2D eigenvalue weighted by Gasteiger charge is 2.03. The summed E-state index contributed by atoms with van der Waals surface area (Å²) in [6.07, 6.45) is 0.668. The Morgan fingerprint density at radius 2 is 1.51 bits per heavy atom. The van der Waals surface area contributed by atoms with Gasteiger partial charge in [-0.05, 0) is 0 Å². The molecule has 0 rings (SSSR count). The highest BCUT2D eigenvalue weighted by atomic mass is 32.2. The number of aliphatic imine (C=N–C) groups is 2. The molecule has 1 unspecified atom stereocenters. The van der Waals surface area contributed by atoms with Crippen molar-refractivity contribution in [2.75, 3.05) is 67.6 Å². The largest absolute Gasteiger partial charge is 0.438 e. The Morgan fingerprint density at radius 1 is 0.838 bits per heavy atom. The maximum absolute atomic E-state index is 11.9. The zero-order valence-electron chi connectivity index (χ0n) is 19.6. The Bertz CT molecular complexity index is 655. The summed E-state index contributed by atoms with van der Waals surface area (Å²) in [5.41, 5.74) is 1.36. The minimum atomic E-state index is -1.25. The van der Waals surface area contributed by atoms with E-state index in [4.69, 9.17) is 24.7 Å². The molecular formula is C16H30N4O8S9. The maximum atomic E-state index is 11.9. The van der Waals surface area contributed by atoms with Crippen LogP contribution in [0, 0.1) is 0 Å². The van der Waals surface area contributed by atoms with Gasteiger partial charge in [-0.3, -0.25) is 14.0 Å². The van der Waals surface area contributed by atoms with Crippen molar-refractivity contribution in [3.8, 4) is 0 Å². The Hall–Kier alpha value is 0.710. The number of hydrogen-bond donors (Lipinski definition) is 4. The monoisotopic (exact) mass is 694 g/mol. The Morgan fingerprint density at radius 3 is 2.24 bits per heavy atom. The van der Waals surface area contributed by atoms with Gasteiger partial charge in [-0.2, -0.15) is 4.89 Å². The standard InChI is InChI=1S/C16H30N4O8S9/c21-7-31-11-33-9-26-15(23)19-4-30-3-18-6-37(25)14-35-13-36-16(24)20-5-29-2-17-1-27-28-10-34-12-32-8-22/h1,6,21-22H,2-5,7-14H2,(H,19,23)(H,20,24)/b17-1?,18-6-. The van der Waals surface area contributed by atoms with Gasteiger partial charge in [0.25, 0.3) is 5.24 Å². The van der Waals surface area contributed by atoms with Crippen molar-refractivity contribution in [3.05, 3.63) is 0 Å². The molecule has 0 saturated carbocycles. The third kappa shape index (κ3) is 31.1. The molecule has 0 aromatic carbocycles. The molecule has 4 N–H and O–H groups in total. The molecular weight excluding hydrogens is 665 g/mol. The van der Waals surface area contributed by atoms with E-state index >= 15 is 0 Å². The topological polar surface area (TPSA) is 168 Å². The zero-order valence-corrected chi connectivity index (χ0v) is 26.9. The summed E-state index contributed by atoms with van der Waals surface area (Å²) in [6.45, 7) is 0. The molecule has 37 heavy (non-hydrogen) atoms. The third-order valence-electron chi connectivity index (χ3n) is 2.74. The molecule has 0 radical (unpaired) electrons. The van der Waals surface area contributed by atoms with Gasteiger partial charge < -0.3 is 30.5 Å². The third-order valence-corrected chi connectivity index (χ3v) is 11.2. The van der Waals surface area contributed by atoms with Crippen LogP contribution in [0.25, 0.3) is 0 Å². The summed E-state index contributed by atoms with van der Waals surface area (Å²) in [6, 6.07) is 0. The smallest absolute Gasteiger partial charge is 0.408 e. The van der Waals surface area contributed by atoms with E-state index in [-0.39, 0.29) is 23.1 Å². The van der Waals surface area contributed by atoms with Crippen LogP contribution in [0.4, 0.5) is 9.59 Å². The molecule has 0 fully saturated rings. The van der Waals surface area contributed by atoms with Crippen LogP contribution in [0.2, 0.25) is 0 Å². The molecule has 2 amide bonds. The molecule has 0 aromatic heterocycles. The van der Waals surface area contributed by atoms with Crippen molar-refractivity contribution in [2.45, 2.75) is 0 Å². The molecule has 21 heteroatoms. The van der Waals surface area contributed by atoms with Crippen LogP contribution >= 0.6 is 94.1 Å². The van der Waals surface area contributed by atoms with Crippen LogP contribution in [0.3, 0.4) is 0 Å². The lowest BCUT2D eigenvalue weighted by molar-refractivity contribution is -0.196. The second kappa shape index (κ2) is 31.2. The van der Waals surface area contributed by atoms with Crippen LogP contribution in [-0.4, -0.2) is 105 Å². The number of thioether (sulfide) groups is 8. The first kappa shape index (κ1) is 37.7. The summed E-state index contributed by atoms with van der Waals surface area (Å²) in [5.74, 6) is 2.12. The summed E-state index contributed by atoms with van der Waals surface area (Å²) in [4.78, 5) is 40.8. The first-order chi connectivity index (χ1) is 18.1. The maximum Gasteiger partial charge on any atom is 0.408 e. The molecule has 12 nitrogen and oxygen atoms in total. The van der Waals surface area contributed by atoms with E-state index in [0.29, 0.717) is 49.8 Å². The summed E-state index contributed by atoms with van der Waals surface area (Å²) in [5, 5.41) is 24.5. The van der Waals surface area contributed by atoms with E-state index in [2.05, 4.69) is 20.6 Å². The van der Waals surface area contributed by atoms with Gasteiger partial charge in [-0.15, -0.1) is 82.3 Å². The zero-order chi connectivity index (χ0) is 27.2. The number of hydrogen-bond acceptors (Lipinski definition) is 18. The average molecular weight is 695 g/mol. The normalized spacial score (nSPS) is 12.2. The molecule has 216 valence electrons. The quantitative estimate of drug-likeness (QED) is 0.0273. The van der Waals surface area contributed by atoms with E-state index in [1.807, 2.05) is 0 Å². The molecule has 0 heterocycles. The second-order valence-corrected chi connectivity index (χ2v) is 15.7. The number of aliphatic hydroxyl groups excluding tert-OH is 2. The summed E-state index contributed by atoms with van der Waals surface area (Å²) in [7, 11) is -1.25. The average Bonchev–Trinajstić information content (AvgIpc) is 2.89. The molecule has 0 saturated heterocycles. The lowest BCUT2D eigenvalue weighted by Gasteiger charge is -2.05. The fourth-order valence-corrected chi connectivity index (χ4v) is 7.91. The number of aliphatic hydroxyl groups is 2. The van der Waals surface area contributed by atoms with E-state index in [1.54, 1.807) is 0 Å². The van der Waals surface area contributed by atoms with Crippen LogP contribution in [-0.2, 0) is 25.3 Å². The number of nitrogens with one attached hydrogen (secondary N) is 2. The number of alkyl carbamates (subject to hydrolysis) is 1. The highest BCUT2D eigenvalue weighted by Crippen LogP contribution is 2.14. The summed E-state index contributed by atoms with van der Waals surface area (Å²) >= 11 is 10.8. The Labute approximate surface area is 253 Å². The number of nitrogens with zero attached hydrogens (tertiary/aromatic N) is 2. The fourth-order valence-electron chi connectivity index (χ4n) is 1.38. The molecule has 0 aromatic rings. The lowest BCUT2D eigenvalue weighted by atomic mass is 11.1. The van der Waals surface area contributed by atoms with Crippen molar-refractivity contribution in [1.82, 2.24) is 10.6 Å². The number of ether oxygens (including phenoxy) is 1. The van der Waals surface area contributed by atoms with Gasteiger partial charge in [-0.1, -0.05) is 11.8 Å². The van der Waals surface area contributed by atoms with Crippen LogP contribution < -0.4 is 10.6 Å². The van der Waals surface area contributed by atoms with Crippen molar-refractivity contribution < 1.29 is 38.5 Å². The first-order valence-corrected chi connectivity index (χ1v) is 20.3. The number of rotatable bonds is 25. The second-order valence-electron chi connectivity index (χ2n) is 5.33. The first-order valence-electron chi connectivity index (χ1n) is 9.81. The molecule has 0 aliphatic heterocycles.